The van der Waals surface area contributed by atoms with E-state index in [1.54, 1.807) is 13.8 Å². The standard InChI is InChI=1S/C29H29Cl2N7O9/c1-29(2)26(37(42)27(40)33-17-7-10-22(45-3)20(30)14-17)36(18-8-11-23(46-4)21(31)15-18)28(41)35(29)16-24(39)34-32-13-5-6-19-9-12-25(47-19)38(43)44/h5-15,26,42H,16H2,1-4H3,(H,33,40)(H,34,39)/b6-5-,32-13-/t26-/m0/s1. The lowest BCUT2D eigenvalue weighted by atomic mass is 9.99. The number of urea groups is 2. The number of amides is 5. The Morgan fingerprint density at radius 2 is 1.79 bits per heavy atom. The van der Waals surface area contributed by atoms with Gasteiger partial charge in [0.25, 0.3) is 5.91 Å². The zero-order valence-electron chi connectivity index (χ0n) is 25.3. The number of nitro groups is 1. The highest BCUT2D eigenvalue weighted by Gasteiger charge is 2.56. The first-order valence-electron chi connectivity index (χ1n) is 13.6. The van der Waals surface area contributed by atoms with Crippen molar-refractivity contribution in [3.8, 4) is 11.5 Å². The van der Waals surface area contributed by atoms with Crippen LogP contribution in [0.2, 0.25) is 10.0 Å². The van der Waals surface area contributed by atoms with E-state index in [-0.39, 0.29) is 27.2 Å². The van der Waals surface area contributed by atoms with Crippen molar-refractivity contribution in [1.82, 2.24) is 15.4 Å². The maximum Gasteiger partial charge on any atom is 0.433 e. The molecule has 3 N–H and O–H groups in total. The number of hydrogen-bond acceptors (Lipinski definition) is 10. The van der Waals surface area contributed by atoms with Crippen molar-refractivity contribution in [1.29, 1.82) is 0 Å². The van der Waals surface area contributed by atoms with Crippen LogP contribution < -0.4 is 25.1 Å². The van der Waals surface area contributed by atoms with Gasteiger partial charge >= 0.3 is 17.9 Å². The Kier molecular flexibility index (Phi) is 10.6. The summed E-state index contributed by atoms with van der Waals surface area (Å²) in [5.74, 6) is -0.257. The summed E-state index contributed by atoms with van der Waals surface area (Å²) in [5.41, 5.74) is 1.32. The summed E-state index contributed by atoms with van der Waals surface area (Å²) in [6.45, 7) is 2.59. The molecular formula is C29H29Cl2N7O9. The van der Waals surface area contributed by atoms with Crippen LogP contribution in [0.4, 0.5) is 26.8 Å². The number of halogens is 2. The van der Waals surface area contributed by atoms with Gasteiger partial charge in [0.15, 0.2) is 6.17 Å². The van der Waals surface area contributed by atoms with Crippen molar-refractivity contribution in [2.24, 2.45) is 5.10 Å². The van der Waals surface area contributed by atoms with E-state index in [1.807, 2.05) is 0 Å². The molecule has 4 rings (SSSR count). The van der Waals surface area contributed by atoms with E-state index in [2.05, 4.69) is 15.8 Å². The van der Waals surface area contributed by atoms with Crippen molar-refractivity contribution in [3.63, 3.8) is 0 Å². The number of ether oxygens (including phenoxy) is 2. The number of hydrogen-bond donors (Lipinski definition) is 3. The van der Waals surface area contributed by atoms with E-state index in [0.717, 1.165) is 9.80 Å². The minimum Gasteiger partial charge on any atom is -0.495 e. The summed E-state index contributed by atoms with van der Waals surface area (Å²) in [6.07, 6.45) is 2.57. The lowest BCUT2D eigenvalue weighted by Gasteiger charge is -2.38. The molecule has 5 amide bonds. The van der Waals surface area contributed by atoms with Gasteiger partial charge in [-0.2, -0.15) is 10.2 Å². The Bertz CT molecular complexity index is 1740. The smallest absolute Gasteiger partial charge is 0.433 e. The van der Waals surface area contributed by atoms with Crippen molar-refractivity contribution >= 4 is 70.7 Å². The third-order valence-electron chi connectivity index (χ3n) is 6.97. The number of carbonyl (C=O) groups is 3. The zero-order chi connectivity index (χ0) is 34.5. The highest BCUT2D eigenvalue weighted by molar-refractivity contribution is 6.32. The molecule has 0 radical (unpaired) electrons. The van der Waals surface area contributed by atoms with Gasteiger partial charge in [0.05, 0.1) is 35.9 Å². The Hall–Kier alpha value is -5.32. The van der Waals surface area contributed by atoms with Gasteiger partial charge in [-0.3, -0.25) is 25.0 Å². The van der Waals surface area contributed by atoms with Gasteiger partial charge in [-0.25, -0.2) is 15.0 Å². The van der Waals surface area contributed by atoms with Crippen LogP contribution in [0.5, 0.6) is 11.5 Å². The molecule has 0 spiro atoms. The zero-order valence-corrected chi connectivity index (χ0v) is 26.9. The van der Waals surface area contributed by atoms with Gasteiger partial charge in [-0.05, 0) is 68.5 Å². The third-order valence-corrected chi connectivity index (χ3v) is 7.56. The molecule has 3 aromatic rings. The Morgan fingerprint density at radius 1 is 1.13 bits per heavy atom. The number of hydroxylamine groups is 2. The predicted octanol–water partition coefficient (Wildman–Crippen LogP) is 5.60. The predicted molar refractivity (Wildman–Crippen MR) is 172 cm³/mol. The average Bonchev–Trinajstić information content (AvgIpc) is 3.57. The largest absolute Gasteiger partial charge is 0.495 e. The first-order valence-corrected chi connectivity index (χ1v) is 14.3. The quantitative estimate of drug-likeness (QED) is 0.0995. The number of anilines is 2. The molecule has 0 aliphatic carbocycles. The Labute approximate surface area is 277 Å². The van der Waals surface area contributed by atoms with Crippen molar-refractivity contribution in [2.75, 3.05) is 31.0 Å². The number of furan rings is 1. The molecule has 0 bridgehead atoms. The number of rotatable bonds is 11. The minimum absolute atomic E-state index is 0.152. The minimum atomic E-state index is -1.39. The van der Waals surface area contributed by atoms with Crippen molar-refractivity contribution < 1.29 is 38.4 Å². The van der Waals surface area contributed by atoms with Crippen molar-refractivity contribution in [2.45, 2.75) is 25.6 Å². The lowest BCUT2D eigenvalue weighted by molar-refractivity contribution is -0.402. The monoisotopic (exact) mass is 689 g/mol. The van der Waals surface area contributed by atoms with Gasteiger partial charge in [0.1, 0.15) is 28.7 Å². The lowest BCUT2D eigenvalue weighted by Crippen LogP contribution is -2.58. The van der Waals surface area contributed by atoms with Crippen molar-refractivity contribution in [3.05, 3.63) is 80.5 Å². The summed E-state index contributed by atoms with van der Waals surface area (Å²) >= 11 is 12.5. The molecule has 2 aromatic carbocycles. The number of benzene rings is 2. The number of hydrazone groups is 1. The molecular weight excluding hydrogens is 661 g/mol. The van der Waals surface area contributed by atoms with Crippen LogP contribution in [0.1, 0.15) is 19.6 Å². The molecule has 2 heterocycles. The number of nitrogens with zero attached hydrogens (tertiary/aromatic N) is 5. The topological polar surface area (TPSA) is 192 Å². The Balaban J connectivity index is 1.56. The molecule has 1 aliphatic rings. The van der Waals surface area contributed by atoms with Crippen LogP contribution in [0, 0.1) is 10.1 Å². The summed E-state index contributed by atoms with van der Waals surface area (Å²) in [4.78, 5) is 52.4. The molecule has 1 aromatic heterocycles. The summed E-state index contributed by atoms with van der Waals surface area (Å²) in [7, 11) is 2.85. The molecule has 1 atom stereocenters. The van der Waals surface area contributed by atoms with Crippen LogP contribution in [0.15, 0.2) is 64.1 Å². The van der Waals surface area contributed by atoms with E-state index in [1.165, 1.54) is 81.1 Å². The molecule has 1 aliphatic heterocycles. The van der Waals surface area contributed by atoms with E-state index in [4.69, 9.17) is 37.1 Å². The molecule has 0 saturated carbocycles. The molecule has 47 heavy (non-hydrogen) atoms. The number of carbonyl (C=O) groups excluding carboxylic acids is 3. The van der Waals surface area contributed by atoms with E-state index in [9.17, 15) is 29.7 Å². The van der Waals surface area contributed by atoms with E-state index in [0.29, 0.717) is 16.6 Å². The third kappa shape index (κ3) is 7.57. The van der Waals surface area contributed by atoms with E-state index >= 15 is 0 Å². The average molecular weight is 690 g/mol. The second kappa shape index (κ2) is 14.4. The number of methoxy groups -OCH3 is 2. The first kappa shape index (κ1) is 34.6. The van der Waals surface area contributed by atoms with Gasteiger partial charge in [0, 0.05) is 17.6 Å². The first-order chi connectivity index (χ1) is 22.3. The van der Waals surface area contributed by atoms with Gasteiger partial charge in [-0.1, -0.05) is 23.2 Å². The van der Waals surface area contributed by atoms with Crippen LogP contribution in [0.3, 0.4) is 0 Å². The molecule has 16 nitrogen and oxygen atoms in total. The second-order valence-electron chi connectivity index (χ2n) is 10.3. The van der Waals surface area contributed by atoms with Gasteiger partial charge < -0.3 is 24.1 Å². The van der Waals surface area contributed by atoms with Gasteiger partial charge in [0.2, 0.25) is 0 Å². The summed E-state index contributed by atoms with van der Waals surface area (Å²) < 4.78 is 15.3. The summed E-state index contributed by atoms with van der Waals surface area (Å²) in [6, 6.07) is 9.72. The molecule has 1 fully saturated rings. The van der Waals surface area contributed by atoms with E-state index < -0.39 is 47.0 Å². The van der Waals surface area contributed by atoms with Crippen LogP contribution in [-0.4, -0.2) is 76.7 Å². The van der Waals surface area contributed by atoms with Crippen LogP contribution in [0.25, 0.3) is 6.08 Å². The summed E-state index contributed by atoms with van der Waals surface area (Å²) in [5, 5.41) is 29.1. The second-order valence-corrected chi connectivity index (χ2v) is 11.1. The fourth-order valence-corrected chi connectivity index (χ4v) is 5.22. The molecule has 248 valence electrons. The molecule has 18 heteroatoms. The highest BCUT2D eigenvalue weighted by atomic mass is 35.5. The number of nitrogens with one attached hydrogen (secondary N) is 2. The normalized spacial score (nSPS) is 15.7. The maximum atomic E-state index is 13.9. The maximum absolute atomic E-state index is 13.9. The van der Waals surface area contributed by atoms with Crippen LogP contribution >= 0.6 is 23.2 Å². The SMILES string of the molecule is COc1ccc(NC(=O)N(O)[C@@H]2N(c3ccc(OC)c(Cl)c3)C(=O)N(CC(=O)N/N=C\C=C/c3ccc([N+](=O)[O-])o3)C2(C)C)cc1Cl. The van der Waals surface area contributed by atoms with Gasteiger partial charge in [-0.15, -0.1) is 0 Å². The van der Waals surface area contributed by atoms with Crippen LogP contribution in [-0.2, 0) is 4.79 Å². The highest BCUT2D eigenvalue weighted by Crippen LogP contribution is 2.40. The fraction of sp³-hybridized carbons (Fsp3) is 0.241. The number of allylic oxidation sites excluding steroid dienone is 1. The molecule has 1 saturated heterocycles. The Morgan fingerprint density at radius 3 is 2.38 bits per heavy atom. The fourth-order valence-electron chi connectivity index (χ4n) is 4.71. The molecule has 0 unspecified atom stereocenters.